The van der Waals surface area contributed by atoms with Crippen LogP contribution in [-0.4, -0.2) is 69.7 Å². The van der Waals surface area contributed by atoms with Crippen molar-refractivity contribution in [2.24, 2.45) is 0 Å². The number of morpholine rings is 1. The molecule has 1 saturated heterocycles. The van der Waals surface area contributed by atoms with Crippen LogP contribution >= 0.6 is 11.8 Å². The number of rotatable bonds is 8. The van der Waals surface area contributed by atoms with Gasteiger partial charge in [-0.25, -0.2) is 0 Å². The van der Waals surface area contributed by atoms with Crippen LogP contribution in [0.4, 0.5) is 0 Å². The molecule has 2 heterocycles. The average molecular weight is 500 g/mol. The van der Waals surface area contributed by atoms with Crippen molar-refractivity contribution in [3.63, 3.8) is 0 Å². The maximum Gasteiger partial charge on any atom is 0.230 e. The maximum absolute atomic E-state index is 12.9. The maximum atomic E-state index is 12.9. The molecule has 2 fully saturated rings. The first-order chi connectivity index (χ1) is 16.8. The summed E-state index contributed by atoms with van der Waals surface area (Å²) in [5.41, 5.74) is 2.54. The zero-order chi connectivity index (χ0) is 24.9. The van der Waals surface area contributed by atoms with Crippen LogP contribution in [0.5, 0.6) is 0 Å². The molecule has 0 spiro atoms. The lowest BCUT2D eigenvalue weighted by Crippen LogP contribution is -2.59. The molecule has 1 aromatic heterocycles. The smallest absolute Gasteiger partial charge is 0.230 e. The van der Waals surface area contributed by atoms with Gasteiger partial charge in [-0.05, 0) is 30.7 Å². The number of nitrogens with zero attached hydrogens (tertiary/aromatic N) is 4. The van der Waals surface area contributed by atoms with E-state index in [0.717, 1.165) is 68.8 Å². The van der Waals surface area contributed by atoms with Crippen LogP contribution < -0.4 is 5.32 Å². The third-order valence-corrected chi connectivity index (χ3v) is 8.42. The summed E-state index contributed by atoms with van der Waals surface area (Å²) >= 11 is 1.47. The minimum atomic E-state index is 0.0648. The van der Waals surface area contributed by atoms with Crippen molar-refractivity contribution in [2.75, 3.05) is 38.6 Å². The lowest BCUT2D eigenvalue weighted by molar-refractivity contribution is -0.119. The molecule has 1 saturated carbocycles. The van der Waals surface area contributed by atoms with Gasteiger partial charge in [0.15, 0.2) is 11.0 Å². The Bertz CT molecular complexity index is 970. The SMILES string of the molecule is CCn1c(SCC(=O)NCC2(N3CCOCC3)CCCCC2)nnc1-c1ccc(C(C)(C)C)cc1. The van der Waals surface area contributed by atoms with E-state index in [4.69, 9.17) is 4.74 Å². The molecule has 1 amide bonds. The Balaban J connectivity index is 1.37. The molecule has 2 aromatic rings. The fourth-order valence-corrected chi connectivity index (χ4v) is 6.14. The van der Waals surface area contributed by atoms with Crippen molar-refractivity contribution in [1.82, 2.24) is 25.0 Å². The molecule has 7 nitrogen and oxygen atoms in total. The van der Waals surface area contributed by atoms with E-state index in [2.05, 4.69) is 76.9 Å². The van der Waals surface area contributed by atoms with Crippen molar-refractivity contribution in [1.29, 1.82) is 0 Å². The fraction of sp³-hybridized carbons (Fsp3) is 0.667. The zero-order valence-corrected chi connectivity index (χ0v) is 22.6. The average Bonchev–Trinajstić information content (AvgIpc) is 3.30. The van der Waals surface area contributed by atoms with Gasteiger partial charge in [-0.3, -0.25) is 9.69 Å². The number of ether oxygens (including phenoxy) is 1. The van der Waals surface area contributed by atoms with E-state index in [1.807, 2.05) is 0 Å². The van der Waals surface area contributed by atoms with E-state index in [1.54, 1.807) is 0 Å². The molecule has 35 heavy (non-hydrogen) atoms. The van der Waals surface area contributed by atoms with Gasteiger partial charge in [-0.1, -0.05) is 76.1 Å². The van der Waals surface area contributed by atoms with Crippen LogP contribution in [0.25, 0.3) is 11.4 Å². The highest BCUT2D eigenvalue weighted by molar-refractivity contribution is 7.99. The Morgan fingerprint density at radius 1 is 1.09 bits per heavy atom. The number of thioether (sulfide) groups is 1. The van der Waals surface area contributed by atoms with E-state index in [1.165, 1.54) is 36.6 Å². The number of aromatic nitrogens is 3. The molecule has 0 unspecified atom stereocenters. The molecule has 0 atom stereocenters. The number of carbonyl (C=O) groups is 1. The summed E-state index contributed by atoms with van der Waals surface area (Å²) in [5, 5.41) is 12.9. The Hall–Kier alpha value is -1.90. The highest BCUT2D eigenvalue weighted by atomic mass is 32.2. The molecule has 8 heteroatoms. The number of amides is 1. The lowest BCUT2D eigenvalue weighted by Gasteiger charge is -2.48. The monoisotopic (exact) mass is 499 g/mol. The van der Waals surface area contributed by atoms with Crippen molar-refractivity contribution >= 4 is 17.7 Å². The standard InChI is InChI=1S/C27H41N5O2S/c1-5-32-24(21-9-11-22(12-10-21)26(2,3)4)29-30-25(32)35-19-23(33)28-20-27(13-7-6-8-14-27)31-15-17-34-18-16-31/h9-12H,5-8,13-20H2,1-4H3,(H,28,33). The van der Waals surface area contributed by atoms with Gasteiger partial charge in [0.05, 0.1) is 19.0 Å². The number of nitrogens with one attached hydrogen (secondary N) is 1. The third-order valence-electron chi connectivity index (χ3n) is 7.46. The molecular formula is C27H41N5O2S. The molecule has 192 valence electrons. The molecular weight excluding hydrogens is 458 g/mol. The van der Waals surface area contributed by atoms with E-state index in [9.17, 15) is 4.79 Å². The van der Waals surface area contributed by atoms with E-state index in [0.29, 0.717) is 5.75 Å². The minimum Gasteiger partial charge on any atom is -0.379 e. The van der Waals surface area contributed by atoms with Crippen LogP contribution in [0.3, 0.4) is 0 Å². The van der Waals surface area contributed by atoms with Gasteiger partial charge in [0.25, 0.3) is 0 Å². The van der Waals surface area contributed by atoms with Gasteiger partial charge >= 0.3 is 0 Å². The first kappa shape index (κ1) is 26.2. The molecule has 1 aromatic carbocycles. The predicted molar refractivity (Wildman–Crippen MR) is 142 cm³/mol. The summed E-state index contributed by atoms with van der Waals surface area (Å²) in [6, 6.07) is 8.57. The van der Waals surface area contributed by atoms with Gasteiger partial charge in [-0.15, -0.1) is 10.2 Å². The summed E-state index contributed by atoms with van der Waals surface area (Å²) in [6.45, 7) is 13.7. The molecule has 0 radical (unpaired) electrons. The lowest BCUT2D eigenvalue weighted by atomic mass is 9.79. The summed E-state index contributed by atoms with van der Waals surface area (Å²) in [4.78, 5) is 15.4. The Labute approximate surface area is 214 Å². The van der Waals surface area contributed by atoms with Crippen LogP contribution in [0, 0.1) is 0 Å². The van der Waals surface area contributed by atoms with Crippen LogP contribution in [0.1, 0.15) is 65.4 Å². The Morgan fingerprint density at radius 2 is 1.77 bits per heavy atom. The van der Waals surface area contributed by atoms with Gasteiger partial charge in [-0.2, -0.15) is 0 Å². The molecule has 1 aliphatic carbocycles. The van der Waals surface area contributed by atoms with Gasteiger partial charge in [0, 0.05) is 37.3 Å². The highest BCUT2D eigenvalue weighted by Crippen LogP contribution is 2.34. The second-order valence-electron chi connectivity index (χ2n) is 10.8. The second kappa shape index (κ2) is 11.4. The summed E-state index contributed by atoms with van der Waals surface area (Å²) in [5.74, 6) is 1.26. The second-order valence-corrected chi connectivity index (χ2v) is 11.8. The van der Waals surface area contributed by atoms with Crippen molar-refractivity contribution in [3.05, 3.63) is 29.8 Å². The first-order valence-corrected chi connectivity index (χ1v) is 14.1. The number of carbonyl (C=O) groups excluding carboxylic acids is 1. The minimum absolute atomic E-state index is 0.0648. The highest BCUT2D eigenvalue weighted by Gasteiger charge is 2.38. The molecule has 1 N–H and O–H groups in total. The van der Waals surface area contributed by atoms with Crippen molar-refractivity contribution in [2.45, 2.75) is 82.5 Å². The van der Waals surface area contributed by atoms with Gasteiger partial charge in [0.2, 0.25) is 5.91 Å². The normalized spacial score (nSPS) is 19.0. The quantitative estimate of drug-likeness (QED) is 0.539. The van der Waals surface area contributed by atoms with E-state index in [-0.39, 0.29) is 16.9 Å². The van der Waals surface area contributed by atoms with Crippen LogP contribution in [0.2, 0.25) is 0 Å². The fourth-order valence-electron chi connectivity index (χ4n) is 5.31. The Morgan fingerprint density at radius 3 is 2.40 bits per heavy atom. The molecule has 1 aliphatic heterocycles. The summed E-state index contributed by atoms with van der Waals surface area (Å²) in [7, 11) is 0. The van der Waals surface area contributed by atoms with Crippen molar-refractivity contribution < 1.29 is 9.53 Å². The first-order valence-electron chi connectivity index (χ1n) is 13.1. The van der Waals surface area contributed by atoms with E-state index < -0.39 is 0 Å². The molecule has 4 rings (SSSR count). The van der Waals surface area contributed by atoms with Gasteiger partial charge in [0.1, 0.15) is 0 Å². The molecule has 0 bridgehead atoms. The number of benzene rings is 1. The predicted octanol–water partition coefficient (Wildman–Crippen LogP) is 4.51. The molecule has 2 aliphatic rings. The topological polar surface area (TPSA) is 72.3 Å². The van der Waals surface area contributed by atoms with Crippen molar-refractivity contribution in [3.8, 4) is 11.4 Å². The summed E-state index contributed by atoms with van der Waals surface area (Å²) in [6.07, 6.45) is 6.08. The number of hydrogen-bond donors (Lipinski definition) is 1. The zero-order valence-electron chi connectivity index (χ0n) is 21.8. The summed E-state index contributed by atoms with van der Waals surface area (Å²) < 4.78 is 7.68. The third kappa shape index (κ3) is 6.27. The number of hydrogen-bond acceptors (Lipinski definition) is 6. The Kier molecular flexibility index (Phi) is 8.55. The van der Waals surface area contributed by atoms with Crippen LogP contribution in [0.15, 0.2) is 29.4 Å². The van der Waals surface area contributed by atoms with E-state index >= 15 is 0 Å². The largest absolute Gasteiger partial charge is 0.379 e. The van der Waals surface area contributed by atoms with Gasteiger partial charge < -0.3 is 14.6 Å². The van der Waals surface area contributed by atoms with Crippen LogP contribution in [-0.2, 0) is 21.5 Å².